The summed E-state index contributed by atoms with van der Waals surface area (Å²) < 4.78 is 30.4. The van der Waals surface area contributed by atoms with E-state index in [4.69, 9.17) is 9.05 Å². The van der Waals surface area contributed by atoms with Crippen LogP contribution in [-0.4, -0.2) is 34.3 Å². The Kier molecular flexibility index (Phi) is 8.20. The zero-order valence-electron chi connectivity index (χ0n) is 19.1. The average molecular weight is 543 g/mol. The van der Waals surface area contributed by atoms with Gasteiger partial charge in [-0.3, -0.25) is 0 Å². The first kappa shape index (κ1) is 24.3. The van der Waals surface area contributed by atoms with Crippen LogP contribution >= 0.6 is 7.60 Å². The van der Waals surface area contributed by atoms with Crippen LogP contribution in [0.4, 0.5) is 0 Å². The fraction of sp³-hybridized carbons (Fsp3) is 0.308. The van der Waals surface area contributed by atoms with Crippen molar-refractivity contribution in [1.82, 2.24) is 0 Å². The van der Waals surface area contributed by atoms with Gasteiger partial charge in [-0.2, -0.15) is 0 Å². The van der Waals surface area contributed by atoms with E-state index in [1.165, 1.54) is 10.7 Å². The molecular formula is C26H33O3PSn. The van der Waals surface area contributed by atoms with Crippen LogP contribution in [0.1, 0.15) is 34.6 Å². The van der Waals surface area contributed by atoms with E-state index in [1.807, 2.05) is 45.9 Å². The Hall–Kier alpha value is -1.39. The fourth-order valence-corrected chi connectivity index (χ4v) is 27.7. The maximum atomic E-state index is 14.5. The molecular weight excluding hydrogens is 510 g/mol. The number of hydrogen-bond donors (Lipinski definition) is 0. The molecule has 164 valence electrons. The summed E-state index contributed by atoms with van der Waals surface area (Å²) in [5.74, 6) is 0. The van der Waals surface area contributed by atoms with Crippen molar-refractivity contribution in [2.75, 3.05) is 0 Å². The van der Waals surface area contributed by atoms with Gasteiger partial charge < -0.3 is 0 Å². The predicted molar refractivity (Wildman–Crippen MR) is 133 cm³/mol. The minimum absolute atomic E-state index is 0.196. The van der Waals surface area contributed by atoms with Crippen LogP contribution in [0.2, 0.25) is 0 Å². The van der Waals surface area contributed by atoms with Crippen molar-refractivity contribution in [3.05, 3.63) is 91.0 Å². The van der Waals surface area contributed by atoms with E-state index in [2.05, 4.69) is 79.7 Å². The van der Waals surface area contributed by atoms with Crippen molar-refractivity contribution in [3.8, 4) is 0 Å². The molecule has 0 aliphatic rings. The molecule has 0 saturated heterocycles. The molecule has 3 aromatic carbocycles. The number of hydrogen-bond acceptors (Lipinski definition) is 3. The SMILES string of the molecule is CC(C)OP(=O)(OC(C)C)[CH](C)[Sn]([c]1ccccc1)([c]1ccccc1)[c]1ccccc1. The first-order valence-corrected chi connectivity index (χ1v) is 18.5. The van der Waals surface area contributed by atoms with Gasteiger partial charge in [-0.25, -0.2) is 0 Å². The third-order valence-corrected chi connectivity index (χ3v) is 27.4. The molecule has 0 N–H and O–H groups in total. The first-order chi connectivity index (χ1) is 14.8. The van der Waals surface area contributed by atoms with Gasteiger partial charge in [-0.1, -0.05) is 0 Å². The van der Waals surface area contributed by atoms with Gasteiger partial charge in [0.15, 0.2) is 0 Å². The molecule has 0 saturated carbocycles. The second-order valence-electron chi connectivity index (χ2n) is 8.43. The van der Waals surface area contributed by atoms with Gasteiger partial charge in [0.1, 0.15) is 0 Å². The van der Waals surface area contributed by atoms with Crippen LogP contribution in [0.5, 0.6) is 0 Å². The van der Waals surface area contributed by atoms with Gasteiger partial charge in [0.25, 0.3) is 0 Å². The normalized spacial score (nSPS) is 13.5. The van der Waals surface area contributed by atoms with Crippen molar-refractivity contribution >= 4 is 36.7 Å². The summed E-state index contributed by atoms with van der Waals surface area (Å²) in [6.07, 6.45) is -0.392. The van der Waals surface area contributed by atoms with Crippen molar-refractivity contribution in [2.45, 2.75) is 50.5 Å². The van der Waals surface area contributed by atoms with E-state index in [9.17, 15) is 4.57 Å². The van der Waals surface area contributed by atoms with Crippen molar-refractivity contribution in [1.29, 1.82) is 0 Å². The summed E-state index contributed by atoms with van der Waals surface area (Å²) in [4.78, 5) is 0. The van der Waals surface area contributed by atoms with Gasteiger partial charge in [0.2, 0.25) is 0 Å². The molecule has 1 unspecified atom stereocenters. The van der Waals surface area contributed by atoms with E-state index in [1.54, 1.807) is 0 Å². The Morgan fingerprint density at radius 1 is 0.581 bits per heavy atom. The quantitative estimate of drug-likeness (QED) is 0.278. The standard InChI is InChI=1S/C8H18O3P.3C6H5.Sn/c1-6-12(9,10-7(2)3)11-8(4)5;3*1-2-4-6-5-3-1;/h6-8H,1-5H3;3*1-5H;. The van der Waals surface area contributed by atoms with Gasteiger partial charge >= 0.3 is 192 Å². The van der Waals surface area contributed by atoms with Crippen LogP contribution < -0.4 is 10.7 Å². The van der Waals surface area contributed by atoms with E-state index in [0.29, 0.717) is 0 Å². The summed E-state index contributed by atoms with van der Waals surface area (Å²) in [5, 5.41) is 0. The summed E-state index contributed by atoms with van der Waals surface area (Å²) in [6.45, 7) is 9.79. The first-order valence-electron chi connectivity index (χ1n) is 10.9. The molecule has 3 nitrogen and oxygen atoms in total. The average Bonchev–Trinajstić information content (AvgIpc) is 2.75. The molecule has 3 rings (SSSR count). The van der Waals surface area contributed by atoms with Crippen molar-refractivity contribution in [2.24, 2.45) is 0 Å². The Labute approximate surface area is 191 Å². The third-order valence-electron chi connectivity index (χ3n) is 5.50. The second kappa shape index (κ2) is 10.5. The summed E-state index contributed by atoms with van der Waals surface area (Å²) in [7, 11) is -3.45. The molecule has 0 aliphatic carbocycles. The van der Waals surface area contributed by atoms with Crippen molar-refractivity contribution in [3.63, 3.8) is 0 Å². The fourth-order valence-electron chi connectivity index (χ4n) is 4.36. The molecule has 0 amide bonds. The van der Waals surface area contributed by atoms with Crippen LogP contribution in [0, 0.1) is 0 Å². The molecule has 0 radical (unpaired) electrons. The minimum atomic E-state index is -3.88. The Balaban J connectivity index is 2.38. The molecule has 0 aliphatic heterocycles. The van der Waals surface area contributed by atoms with Gasteiger partial charge in [-0.15, -0.1) is 0 Å². The summed E-state index contributed by atoms with van der Waals surface area (Å²) >= 11 is -3.88. The molecule has 0 fully saturated rings. The summed E-state index contributed by atoms with van der Waals surface area (Å²) in [5.41, 5.74) is 0. The van der Waals surface area contributed by atoms with E-state index < -0.39 is 26.0 Å². The molecule has 0 heterocycles. The Morgan fingerprint density at radius 3 is 1.13 bits per heavy atom. The molecule has 1 atom stereocenters. The van der Waals surface area contributed by atoms with E-state index in [0.717, 1.165) is 0 Å². The monoisotopic (exact) mass is 544 g/mol. The topological polar surface area (TPSA) is 35.5 Å². The van der Waals surface area contributed by atoms with Gasteiger partial charge in [-0.05, 0) is 0 Å². The van der Waals surface area contributed by atoms with Gasteiger partial charge in [0, 0.05) is 0 Å². The van der Waals surface area contributed by atoms with Crippen LogP contribution in [0.25, 0.3) is 0 Å². The van der Waals surface area contributed by atoms with E-state index >= 15 is 0 Å². The van der Waals surface area contributed by atoms with Crippen LogP contribution in [0.3, 0.4) is 0 Å². The maximum absolute atomic E-state index is 14.5. The molecule has 31 heavy (non-hydrogen) atoms. The molecule has 3 aromatic rings. The second-order valence-corrected chi connectivity index (χ2v) is 24.1. The van der Waals surface area contributed by atoms with E-state index in [-0.39, 0.29) is 15.9 Å². The zero-order valence-corrected chi connectivity index (χ0v) is 22.8. The molecule has 0 spiro atoms. The van der Waals surface area contributed by atoms with Crippen molar-refractivity contribution < 1.29 is 13.6 Å². The molecule has 0 aromatic heterocycles. The van der Waals surface area contributed by atoms with Crippen LogP contribution in [-0.2, 0) is 13.6 Å². The molecule has 5 heteroatoms. The molecule has 0 bridgehead atoms. The zero-order chi connectivity index (χ0) is 22.5. The van der Waals surface area contributed by atoms with Gasteiger partial charge in [0.05, 0.1) is 0 Å². The third kappa shape index (κ3) is 5.17. The summed E-state index contributed by atoms with van der Waals surface area (Å²) in [6, 6.07) is 31.8. The Morgan fingerprint density at radius 2 is 0.871 bits per heavy atom. The Bertz CT molecular complexity index is 880. The number of rotatable bonds is 9. The number of benzene rings is 3. The predicted octanol–water partition coefficient (Wildman–Crippen LogP) is 5.13. The van der Waals surface area contributed by atoms with Crippen LogP contribution in [0.15, 0.2) is 91.0 Å².